The fraction of sp³-hybridized carbons (Fsp3) is 1.00. The van der Waals surface area contributed by atoms with E-state index in [9.17, 15) is 8.42 Å². The fourth-order valence-electron chi connectivity index (χ4n) is 4.49. The highest BCUT2D eigenvalue weighted by Gasteiger charge is 2.50. The minimum absolute atomic E-state index is 0.0551. The van der Waals surface area contributed by atoms with Crippen molar-refractivity contribution in [2.24, 2.45) is 5.92 Å². The minimum atomic E-state index is -3.43. The monoisotopic (exact) mass is 361 g/mol. The molecule has 0 unspecified atom stereocenters. The van der Waals surface area contributed by atoms with Crippen molar-refractivity contribution in [3.63, 3.8) is 0 Å². The molecule has 0 aromatic rings. The van der Waals surface area contributed by atoms with E-state index in [-0.39, 0.29) is 12.0 Å². The second-order valence-electron chi connectivity index (χ2n) is 7.42. The normalized spacial score (nSPS) is 33.9. The van der Waals surface area contributed by atoms with Gasteiger partial charge in [0.25, 0.3) is 10.2 Å². The summed E-state index contributed by atoms with van der Waals surface area (Å²) in [4.78, 5) is 2.53. The van der Waals surface area contributed by atoms with Crippen molar-refractivity contribution in [2.75, 3.05) is 40.4 Å². The lowest BCUT2D eigenvalue weighted by atomic mass is 9.73. The van der Waals surface area contributed by atoms with Crippen LogP contribution in [0.2, 0.25) is 0 Å². The smallest absolute Gasteiger partial charge is 0.279 e. The molecule has 3 aliphatic rings. The zero-order chi connectivity index (χ0) is 17.4. The molecule has 1 saturated carbocycles. The number of nitrogens with one attached hydrogen (secondary N) is 1. The van der Waals surface area contributed by atoms with E-state index in [0.717, 1.165) is 45.2 Å². The number of likely N-dealkylation sites (tertiary alicyclic amines) is 1. The highest BCUT2D eigenvalue weighted by molar-refractivity contribution is 7.87. The van der Waals surface area contributed by atoms with E-state index in [4.69, 9.17) is 9.47 Å². The molecule has 0 aromatic heterocycles. The molecule has 8 heteroatoms. The Bertz CT molecular complexity index is 533. The Labute approximate surface area is 145 Å². The SMILES string of the molecule is CCCN1CC[C@H](NS(=O)(=O)N(C)C)[C@H]2CC3(CC[C@@H]21)OCCO3. The predicted molar refractivity (Wildman–Crippen MR) is 91.8 cm³/mol. The predicted octanol–water partition coefficient (Wildman–Crippen LogP) is 0.779. The van der Waals surface area contributed by atoms with E-state index in [2.05, 4.69) is 16.5 Å². The number of hydrogen-bond donors (Lipinski definition) is 1. The van der Waals surface area contributed by atoms with Gasteiger partial charge in [-0.25, -0.2) is 0 Å². The Morgan fingerprint density at radius 2 is 1.96 bits per heavy atom. The summed E-state index contributed by atoms with van der Waals surface area (Å²) >= 11 is 0. The summed E-state index contributed by atoms with van der Waals surface area (Å²) in [5, 5.41) is 0. The van der Waals surface area contributed by atoms with E-state index < -0.39 is 16.0 Å². The Morgan fingerprint density at radius 1 is 1.25 bits per heavy atom. The molecule has 3 fully saturated rings. The molecule has 24 heavy (non-hydrogen) atoms. The average molecular weight is 362 g/mol. The van der Waals surface area contributed by atoms with Gasteiger partial charge in [-0.1, -0.05) is 6.92 Å². The molecule has 2 aliphatic heterocycles. The summed E-state index contributed by atoms with van der Waals surface area (Å²) in [5.41, 5.74) is 0. The summed E-state index contributed by atoms with van der Waals surface area (Å²) in [6, 6.07) is 0.354. The number of nitrogens with zero attached hydrogens (tertiary/aromatic N) is 2. The zero-order valence-corrected chi connectivity index (χ0v) is 15.8. The van der Waals surface area contributed by atoms with Crippen LogP contribution in [-0.2, 0) is 19.7 Å². The lowest BCUT2D eigenvalue weighted by molar-refractivity contribution is -0.203. The summed E-state index contributed by atoms with van der Waals surface area (Å²) in [5.74, 6) is -0.259. The Morgan fingerprint density at radius 3 is 2.58 bits per heavy atom. The van der Waals surface area contributed by atoms with Gasteiger partial charge in [0.2, 0.25) is 0 Å². The summed E-state index contributed by atoms with van der Waals surface area (Å²) in [7, 11) is -0.296. The molecule has 1 N–H and O–H groups in total. The van der Waals surface area contributed by atoms with Gasteiger partial charge in [0, 0.05) is 39.0 Å². The number of ether oxygens (including phenoxy) is 2. The molecule has 0 radical (unpaired) electrons. The molecule has 2 heterocycles. The fourth-order valence-corrected chi connectivity index (χ4v) is 5.38. The number of fused-ring (bicyclic) bond motifs is 1. The molecule has 0 bridgehead atoms. The molecule has 7 nitrogen and oxygen atoms in total. The summed E-state index contributed by atoms with van der Waals surface area (Å²) in [6.07, 6.45) is 4.64. The number of rotatable bonds is 5. The van der Waals surface area contributed by atoms with Gasteiger partial charge in [-0.05, 0) is 38.3 Å². The van der Waals surface area contributed by atoms with Gasteiger partial charge in [-0.2, -0.15) is 17.4 Å². The molecule has 1 spiro atoms. The number of hydrogen-bond acceptors (Lipinski definition) is 5. The van der Waals surface area contributed by atoms with E-state index in [1.54, 1.807) is 14.1 Å². The maximum absolute atomic E-state index is 12.3. The molecular weight excluding hydrogens is 330 g/mol. The van der Waals surface area contributed by atoms with Crippen LogP contribution in [0.5, 0.6) is 0 Å². The zero-order valence-electron chi connectivity index (χ0n) is 15.0. The van der Waals surface area contributed by atoms with Crippen LogP contribution < -0.4 is 4.72 Å². The van der Waals surface area contributed by atoms with Crippen molar-refractivity contribution in [2.45, 2.75) is 56.9 Å². The quantitative estimate of drug-likeness (QED) is 0.783. The molecule has 3 rings (SSSR count). The first-order valence-corrected chi connectivity index (χ1v) is 10.5. The topological polar surface area (TPSA) is 71.1 Å². The molecule has 3 atom stereocenters. The Hall–Kier alpha value is -0.250. The van der Waals surface area contributed by atoms with Crippen LogP contribution in [-0.4, -0.2) is 75.9 Å². The van der Waals surface area contributed by atoms with Crippen LogP contribution in [0.3, 0.4) is 0 Å². The van der Waals surface area contributed by atoms with Crippen LogP contribution in [0.1, 0.15) is 39.0 Å². The molecular formula is C16H31N3O4S. The van der Waals surface area contributed by atoms with Gasteiger partial charge < -0.3 is 9.47 Å². The highest BCUT2D eigenvalue weighted by Crippen LogP contribution is 2.44. The maximum Gasteiger partial charge on any atom is 0.279 e. The van der Waals surface area contributed by atoms with Crippen molar-refractivity contribution in [1.82, 2.24) is 13.9 Å². The third-order valence-electron chi connectivity index (χ3n) is 5.68. The van der Waals surface area contributed by atoms with Gasteiger partial charge >= 0.3 is 0 Å². The van der Waals surface area contributed by atoms with Crippen molar-refractivity contribution in [1.29, 1.82) is 0 Å². The van der Waals surface area contributed by atoms with Gasteiger partial charge in [-0.15, -0.1) is 0 Å². The van der Waals surface area contributed by atoms with Crippen molar-refractivity contribution >= 4 is 10.2 Å². The Balaban J connectivity index is 1.79. The second-order valence-corrected chi connectivity index (χ2v) is 9.33. The number of piperidine rings is 1. The van der Waals surface area contributed by atoms with E-state index in [0.29, 0.717) is 19.3 Å². The maximum atomic E-state index is 12.3. The summed E-state index contributed by atoms with van der Waals surface area (Å²) < 4.78 is 40.7. The van der Waals surface area contributed by atoms with Crippen LogP contribution in [0, 0.1) is 5.92 Å². The van der Waals surface area contributed by atoms with E-state index >= 15 is 0 Å². The summed E-state index contributed by atoms with van der Waals surface area (Å²) in [6.45, 7) is 5.50. The minimum Gasteiger partial charge on any atom is -0.348 e. The third kappa shape index (κ3) is 3.64. The van der Waals surface area contributed by atoms with Gasteiger partial charge in [0.15, 0.2) is 5.79 Å². The van der Waals surface area contributed by atoms with E-state index in [1.807, 2.05) is 0 Å². The van der Waals surface area contributed by atoms with E-state index in [1.165, 1.54) is 4.31 Å². The molecule has 0 aromatic carbocycles. The van der Waals surface area contributed by atoms with Crippen LogP contribution in [0.25, 0.3) is 0 Å². The first-order chi connectivity index (χ1) is 11.4. The van der Waals surface area contributed by atoms with Crippen LogP contribution >= 0.6 is 0 Å². The third-order valence-corrected chi connectivity index (χ3v) is 7.24. The van der Waals surface area contributed by atoms with Crippen LogP contribution in [0.15, 0.2) is 0 Å². The van der Waals surface area contributed by atoms with Gasteiger partial charge in [0.1, 0.15) is 0 Å². The first kappa shape index (κ1) is 18.5. The largest absolute Gasteiger partial charge is 0.348 e. The Kier molecular flexibility index (Phi) is 5.54. The molecule has 0 amide bonds. The lowest BCUT2D eigenvalue weighted by Crippen LogP contribution is -2.61. The first-order valence-electron chi connectivity index (χ1n) is 9.09. The van der Waals surface area contributed by atoms with Crippen molar-refractivity contribution in [3.8, 4) is 0 Å². The standard InChI is InChI=1S/C16H31N3O4S/c1-4-8-19-9-6-14(17-24(20,21)18(2)3)13-12-16(7-5-15(13)19)22-10-11-23-16/h13-15,17H,4-12H2,1-3H3/t13-,14+,15+/m1/s1. The average Bonchev–Trinajstić information content (AvgIpc) is 2.97. The van der Waals surface area contributed by atoms with Crippen molar-refractivity contribution < 1.29 is 17.9 Å². The van der Waals surface area contributed by atoms with Crippen LogP contribution in [0.4, 0.5) is 0 Å². The molecule has 140 valence electrons. The lowest BCUT2D eigenvalue weighted by Gasteiger charge is -2.51. The van der Waals surface area contributed by atoms with Crippen molar-refractivity contribution in [3.05, 3.63) is 0 Å². The van der Waals surface area contributed by atoms with Gasteiger partial charge in [-0.3, -0.25) is 4.90 Å². The molecule has 2 saturated heterocycles. The second kappa shape index (κ2) is 7.17. The highest BCUT2D eigenvalue weighted by atomic mass is 32.2. The van der Waals surface area contributed by atoms with Gasteiger partial charge in [0.05, 0.1) is 13.2 Å². The molecule has 1 aliphatic carbocycles.